The van der Waals surface area contributed by atoms with E-state index >= 15 is 0 Å². The van der Waals surface area contributed by atoms with Crippen LogP contribution in [0.2, 0.25) is 0 Å². The second-order valence-electron chi connectivity index (χ2n) is 4.04. The Morgan fingerprint density at radius 1 is 1.54 bits per heavy atom. The maximum Gasteiger partial charge on any atom is 0.317 e. The third-order valence-electron chi connectivity index (χ3n) is 2.25. The molecule has 1 rings (SSSR count). The summed E-state index contributed by atoms with van der Waals surface area (Å²) >= 11 is 0. The molecule has 0 bridgehead atoms. The highest BCUT2D eigenvalue weighted by molar-refractivity contribution is 5.74. The molecule has 2 amide bonds. The zero-order valence-corrected chi connectivity index (χ0v) is 8.59. The number of urea groups is 1. The van der Waals surface area contributed by atoms with Crippen LogP contribution in [0, 0.1) is 0 Å². The van der Waals surface area contributed by atoms with Gasteiger partial charge < -0.3 is 15.0 Å². The summed E-state index contributed by atoms with van der Waals surface area (Å²) in [4.78, 5) is 12.9. The Balaban J connectivity index is 2.45. The molecule has 1 unspecified atom stereocenters. The average Bonchev–Trinajstić information content (AvgIpc) is 2.04. The lowest BCUT2D eigenvalue weighted by Crippen LogP contribution is -2.54. The molecule has 0 aromatic heterocycles. The second kappa shape index (κ2) is 3.96. The molecule has 0 aromatic carbocycles. The largest absolute Gasteiger partial charge is 0.379 e. The van der Waals surface area contributed by atoms with Gasteiger partial charge in [0, 0.05) is 20.7 Å². The van der Waals surface area contributed by atoms with E-state index < -0.39 is 0 Å². The number of carbonyl (C=O) groups is 1. The maximum atomic E-state index is 11.4. The molecular formula is C9H18N2O2. The predicted molar refractivity (Wildman–Crippen MR) is 50.7 cm³/mol. The summed E-state index contributed by atoms with van der Waals surface area (Å²) in [5.41, 5.74) is -0.181. The minimum atomic E-state index is -0.181. The normalized spacial score (nSPS) is 28.2. The first kappa shape index (κ1) is 10.3. The van der Waals surface area contributed by atoms with Crippen LogP contribution >= 0.6 is 0 Å². The van der Waals surface area contributed by atoms with Gasteiger partial charge in [-0.05, 0) is 19.8 Å². The van der Waals surface area contributed by atoms with Crippen molar-refractivity contribution in [3.63, 3.8) is 0 Å². The summed E-state index contributed by atoms with van der Waals surface area (Å²) in [5.74, 6) is 0. The van der Waals surface area contributed by atoms with Gasteiger partial charge in [0.15, 0.2) is 0 Å². The van der Waals surface area contributed by atoms with Crippen molar-refractivity contribution in [1.29, 1.82) is 0 Å². The number of rotatable bonds is 1. The SMILES string of the molecule is CN(C)C(=O)NC1(C)CCCOC1. The van der Waals surface area contributed by atoms with E-state index in [4.69, 9.17) is 4.74 Å². The molecule has 0 aliphatic carbocycles. The Hall–Kier alpha value is -0.770. The minimum absolute atomic E-state index is 0.0481. The molecule has 1 fully saturated rings. The van der Waals surface area contributed by atoms with E-state index in [9.17, 15) is 4.79 Å². The quantitative estimate of drug-likeness (QED) is 0.659. The lowest BCUT2D eigenvalue weighted by Gasteiger charge is -2.35. The van der Waals surface area contributed by atoms with Crippen LogP contribution in [0.15, 0.2) is 0 Å². The van der Waals surface area contributed by atoms with Crippen molar-refractivity contribution < 1.29 is 9.53 Å². The van der Waals surface area contributed by atoms with Crippen LogP contribution < -0.4 is 5.32 Å². The number of hydrogen-bond acceptors (Lipinski definition) is 2. The van der Waals surface area contributed by atoms with Crippen LogP contribution in [0.4, 0.5) is 4.79 Å². The third-order valence-corrected chi connectivity index (χ3v) is 2.25. The fourth-order valence-electron chi connectivity index (χ4n) is 1.40. The zero-order valence-electron chi connectivity index (χ0n) is 8.59. The van der Waals surface area contributed by atoms with Gasteiger partial charge in [0.2, 0.25) is 0 Å². The Morgan fingerprint density at radius 3 is 2.69 bits per heavy atom. The monoisotopic (exact) mass is 186 g/mol. The standard InChI is InChI=1S/C9H18N2O2/c1-9(5-4-6-13-7-9)10-8(12)11(2)3/h4-7H2,1-3H3,(H,10,12). The average molecular weight is 186 g/mol. The molecule has 4 nitrogen and oxygen atoms in total. The van der Waals surface area contributed by atoms with Crippen LogP contribution in [0.25, 0.3) is 0 Å². The highest BCUT2D eigenvalue weighted by atomic mass is 16.5. The van der Waals surface area contributed by atoms with Crippen LogP contribution in [0.5, 0.6) is 0 Å². The summed E-state index contributed by atoms with van der Waals surface area (Å²) < 4.78 is 5.33. The number of amides is 2. The maximum absolute atomic E-state index is 11.4. The lowest BCUT2D eigenvalue weighted by atomic mass is 9.95. The van der Waals surface area contributed by atoms with Crippen molar-refractivity contribution >= 4 is 6.03 Å². The molecule has 0 spiro atoms. The van der Waals surface area contributed by atoms with Crippen molar-refractivity contribution in [3.8, 4) is 0 Å². The van der Waals surface area contributed by atoms with Gasteiger partial charge in [-0.1, -0.05) is 0 Å². The van der Waals surface area contributed by atoms with Gasteiger partial charge in [0.25, 0.3) is 0 Å². The number of carbonyl (C=O) groups excluding carboxylic acids is 1. The molecular weight excluding hydrogens is 168 g/mol. The molecule has 1 aliphatic rings. The lowest BCUT2D eigenvalue weighted by molar-refractivity contribution is 0.0317. The molecule has 0 aromatic rings. The van der Waals surface area contributed by atoms with Gasteiger partial charge in [-0.2, -0.15) is 0 Å². The van der Waals surface area contributed by atoms with Gasteiger partial charge in [0.1, 0.15) is 0 Å². The van der Waals surface area contributed by atoms with Crippen LogP contribution in [0.1, 0.15) is 19.8 Å². The Morgan fingerprint density at radius 2 is 2.23 bits per heavy atom. The van der Waals surface area contributed by atoms with Gasteiger partial charge in [-0.25, -0.2) is 4.79 Å². The van der Waals surface area contributed by atoms with Gasteiger partial charge >= 0.3 is 6.03 Å². The predicted octanol–water partition coefficient (Wildman–Crippen LogP) is 0.827. The molecule has 13 heavy (non-hydrogen) atoms. The number of nitrogens with one attached hydrogen (secondary N) is 1. The van der Waals surface area contributed by atoms with Gasteiger partial charge in [-0.3, -0.25) is 0 Å². The Kier molecular flexibility index (Phi) is 3.14. The Bertz CT molecular complexity index is 186. The van der Waals surface area contributed by atoms with E-state index in [-0.39, 0.29) is 11.6 Å². The number of nitrogens with zero attached hydrogens (tertiary/aromatic N) is 1. The molecule has 1 aliphatic heterocycles. The summed E-state index contributed by atoms with van der Waals surface area (Å²) in [7, 11) is 3.48. The molecule has 0 saturated carbocycles. The second-order valence-corrected chi connectivity index (χ2v) is 4.04. The fraction of sp³-hybridized carbons (Fsp3) is 0.889. The highest BCUT2D eigenvalue weighted by Gasteiger charge is 2.29. The fourth-order valence-corrected chi connectivity index (χ4v) is 1.40. The third kappa shape index (κ3) is 2.88. The minimum Gasteiger partial charge on any atom is -0.379 e. The summed E-state index contributed by atoms with van der Waals surface area (Å²) in [6, 6.07) is -0.0481. The van der Waals surface area contributed by atoms with Crippen LogP contribution in [-0.2, 0) is 4.74 Å². The van der Waals surface area contributed by atoms with Crippen molar-refractivity contribution in [2.75, 3.05) is 27.3 Å². The molecule has 4 heteroatoms. The summed E-state index contributed by atoms with van der Waals surface area (Å²) in [6.07, 6.45) is 2.01. The van der Waals surface area contributed by atoms with E-state index in [1.165, 1.54) is 0 Å². The van der Waals surface area contributed by atoms with Crippen molar-refractivity contribution in [3.05, 3.63) is 0 Å². The van der Waals surface area contributed by atoms with E-state index in [2.05, 4.69) is 5.32 Å². The first-order valence-corrected chi connectivity index (χ1v) is 4.61. The van der Waals surface area contributed by atoms with Gasteiger partial charge in [0.05, 0.1) is 12.1 Å². The van der Waals surface area contributed by atoms with E-state index in [0.717, 1.165) is 19.4 Å². The molecule has 1 saturated heterocycles. The topological polar surface area (TPSA) is 41.6 Å². The Labute approximate surface area is 79.2 Å². The number of hydrogen-bond donors (Lipinski definition) is 1. The summed E-state index contributed by atoms with van der Waals surface area (Å²) in [5, 5.41) is 2.96. The summed E-state index contributed by atoms with van der Waals surface area (Å²) in [6.45, 7) is 3.45. The molecule has 1 heterocycles. The first-order chi connectivity index (χ1) is 6.03. The van der Waals surface area contributed by atoms with Crippen molar-refractivity contribution in [2.45, 2.75) is 25.3 Å². The zero-order chi connectivity index (χ0) is 9.90. The molecule has 1 atom stereocenters. The van der Waals surface area contributed by atoms with Crippen LogP contribution in [-0.4, -0.2) is 43.8 Å². The molecule has 0 radical (unpaired) electrons. The van der Waals surface area contributed by atoms with Crippen LogP contribution in [0.3, 0.4) is 0 Å². The van der Waals surface area contributed by atoms with E-state index in [0.29, 0.717) is 6.61 Å². The van der Waals surface area contributed by atoms with E-state index in [1.807, 2.05) is 6.92 Å². The molecule has 76 valence electrons. The highest BCUT2D eigenvalue weighted by Crippen LogP contribution is 2.18. The van der Waals surface area contributed by atoms with Gasteiger partial charge in [-0.15, -0.1) is 0 Å². The molecule has 1 N–H and O–H groups in total. The van der Waals surface area contributed by atoms with E-state index in [1.54, 1.807) is 19.0 Å². The van der Waals surface area contributed by atoms with Crippen molar-refractivity contribution in [1.82, 2.24) is 10.2 Å². The first-order valence-electron chi connectivity index (χ1n) is 4.61. The van der Waals surface area contributed by atoms with Crippen molar-refractivity contribution in [2.24, 2.45) is 0 Å². The smallest absolute Gasteiger partial charge is 0.317 e. The number of ether oxygens (including phenoxy) is 1.